The van der Waals surface area contributed by atoms with E-state index < -0.39 is 0 Å². The van der Waals surface area contributed by atoms with Crippen molar-refractivity contribution < 1.29 is 18.7 Å². The molecule has 156 valence electrons. The molecule has 3 heterocycles. The van der Waals surface area contributed by atoms with Gasteiger partial charge in [0.2, 0.25) is 5.88 Å². The van der Waals surface area contributed by atoms with E-state index in [1.165, 1.54) is 19.2 Å². The van der Waals surface area contributed by atoms with Gasteiger partial charge in [0.25, 0.3) is 5.91 Å². The highest BCUT2D eigenvalue weighted by molar-refractivity contribution is 5.95. The summed E-state index contributed by atoms with van der Waals surface area (Å²) in [6, 6.07) is 9.60. The number of nitrogens with zero attached hydrogens (tertiary/aromatic N) is 5. The normalized spacial score (nSPS) is 16.5. The fourth-order valence-electron chi connectivity index (χ4n) is 3.51. The molecule has 9 heteroatoms. The molecule has 1 aliphatic rings. The van der Waals surface area contributed by atoms with Crippen LogP contribution in [-0.2, 0) is 11.2 Å². The molecule has 0 saturated carbocycles. The van der Waals surface area contributed by atoms with E-state index in [2.05, 4.69) is 15.3 Å². The Morgan fingerprint density at radius 3 is 2.70 bits per heavy atom. The molecule has 0 unspecified atom stereocenters. The molecule has 30 heavy (non-hydrogen) atoms. The van der Waals surface area contributed by atoms with E-state index in [1.807, 2.05) is 6.92 Å². The standard InChI is InChI=1S/C21H22FN5O3/c1-3-17-16(12-23-27(17)19-8-9-20(29-2)25-24-19)21(28)26-10-11-30-18(13-26)14-4-6-15(22)7-5-14/h4-9,12,18H,3,10-11,13H2,1-2H3/t18-/m1/s1. The van der Waals surface area contributed by atoms with Gasteiger partial charge in [0.1, 0.15) is 11.9 Å². The van der Waals surface area contributed by atoms with Crippen LogP contribution in [-0.4, -0.2) is 57.6 Å². The summed E-state index contributed by atoms with van der Waals surface area (Å²) in [4.78, 5) is 15.0. The highest BCUT2D eigenvalue weighted by atomic mass is 19.1. The topological polar surface area (TPSA) is 82.4 Å². The lowest BCUT2D eigenvalue weighted by molar-refractivity contribution is -0.0228. The molecule has 1 saturated heterocycles. The molecule has 0 aliphatic carbocycles. The third-order valence-corrected chi connectivity index (χ3v) is 5.08. The Balaban J connectivity index is 1.56. The van der Waals surface area contributed by atoms with Crippen LogP contribution in [0.1, 0.15) is 34.6 Å². The number of aromatic nitrogens is 4. The van der Waals surface area contributed by atoms with Crippen molar-refractivity contribution in [3.05, 3.63) is 65.2 Å². The van der Waals surface area contributed by atoms with Crippen LogP contribution in [0.2, 0.25) is 0 Å². The van der Waals surface area contributed by atoms with Gasteiger partial charge in [-0.2, -0.15) is 5.10 Å². The predicted molar refractivity (Wildman–Crippen MR) is 106 cm³/mol. The SMILES string of the molecule is CCc1c(C(=O)N2CCO[C@@H](c3ccc(F)cc3)C2)cnn1-c1ccc(OC)nn1. The van der Waals surface area contributed by atoms with Crippen LogP contribution in [0.25, 0.3) is 5.82 Å². The van der Waals surface area contributed by atoms with Crippen molar-refractivity contribution in [1.82, 2.24) is 24.9 Å². The average molecular weight is 411 g/mol. The summed E-state index contributed by atoms with van der Waals surface area (Å²) >= 11 is 0. The Bertz CT molecular complexity index is 1020. The third kappa shape index (κ3) is 3.88. The minimum atomic E-state index is -0.302. The summed E-state index contributed by atoms with van der Waals surface area (Å²) < 4.78 is 25.7. The van der Waals surface area contributed by atoms with Gasteiger partial charge in [-0.05, 0) is 30.2 Å². The number of ether oxygens (including phenoxy) is 2. The van der Waals surface area contributed by atoms with Crippen molar-refractivity contribution in [3.8, 4) is 11.7 Å². The highest BCUT2D eigenvalue weighted by Gasteiger charge is 2.29. The maximum absolute atomic E-state index is 13.3. The summed E-state index contributed by atoms with van der Waals surface area (Å²) in [5.74, 6) is 0.498. The Morgan fingerprint density at radius 1 is 1.23 bits per heavy atom. The summed E-state index contributed by atoms with van der Waals surface area (Å²) in [6.45, 7) is 3.24. The van der Waals surface area contributed by atoms with Gasteiger partial charge in [-0.15, -0.1) is 10.2 Å². The van der Waals surface area contributed by atoms with E-state index in [4.69, 9.17) is 9.47 Å². The molecule has 1 aliphatic heterocycles. The van der Waals surface area contributed by atoms with Crippen LogP contribution >= 0.6 is 0 Å². The molecule has 8 nitrogen and oxygen atoms in total. The summed E-state index contributed by atoms with van der Waals surface area (Å²) in [7, 11) is 1.52. The molecular formula is C21H22FN5O3. The van der Waals surface area contributed by atoms with Crippen LogP contribution in [0.3, 0.4) is 0 Å². The van der Waals surface area contributed by atoms with Gasteiger partial charge in [-0.25, -0.2) is 9.07 Å². The number of methoxy groups -OCH3 is 1. The highest BCUT2D eigenvalue weighted by Crippen LogP contribution is 2.25. The van der Waals surface area contributed by atoms with Gasteiger partial charge >= 0.3 is 0 Å². The zero-order valence-electron chi connectivity index (χ0n) is 16.8. The van der Waals surface area contributed by atoms with Crippen LogP contribution in [0.5, 0.6) is 5.88 Å². The Hall–Kier alpha value is -3.33. The Morgan fingerprint density at radius 2 is 2.03 bits per heavy atom. The minimum Gasteiger partial charge on any atom is -0.480 e. The van der Waals surface area contributed by atoms with E-state index >= 15 is 0 Å². The first-order chi connectivity index (χ1) is 14.6. The Labute approximate surface area is 173 Å². The van der Waals surface area contributed by atoms with Crippen molar-refractivity contribution in [2.75, 3.05) is 26.8 Å². The molecule has 1 aromatic carbocycles. The van der Waals surface area contributed by atoms with Crippen molar-refractivity contribution in [2.24, 2.45) is 0 Å². The quantitative estimate of drug-likeness (QED) is 0.642. The molecule has 1 atom stereocenters. The molecule has 1 fully saturated rings. The first kappa shape index (κ1) is 20.0. The number of amides is 1. The van der Waals surface area contributed by atoms with Crippen molar-refractivity contribution >= 4 is 5.91 Å². The lowest BCUT2D eigenvalue weighted by atomic mass is 10.1. The third-order valence-electron chi connectivity index (χ3n) is 5.08. The number of rotatable bonds is 5. The molecule has 0 spiro atoms. The van der Waals surface area contributed by atoms with E-state index in [0.717, 1.165) is 11.3 Å². The van der Waals surface area contributed by atoms with Gasteiger partial charge in [-0.1, -0.05) is 19.1 Å². The van der Waals surface area contributed by atoms with E-state index in [0.29, 0.717) is 43.4 Å². The lowest BCUT2D eigenvalue weighted by Gasteiger charge is -2.33. The van der Waals surface area contributed by atoms with Crippen molar-refractivity contribution in [1.29, 1.82) is 0 Å². The van der Waals surface area contributed by atoms with Gasteiger partial charge in [0.15, 0.2) is 5.82 Å². The fourth-order valence-corrected chi connectivity index (χ4v) is 3.51. The second-order valence-corrected chi connectivity index (χ2v) is 6.87. The first-order valence-corrected chi connectivity index (χ1v) is 9.72. The molecule has 1 amide bonds. The fraction of sp³-hybridized carbons (Fsp3) is 0.333. The Kier molecular flexibility index (Phi) is 5.71. The minimum absolute atomic E-state index is 0.116. The lowest BCUT2D eigenvalue weighted by Crippen LogP contribution is -2.42. The number of halogens is 1. The smallest absolute Gasteiger partial charge is 0.257 e. The van der Waals surface area contributed by atoms with Gasteiger partial charge in [0.05, 0.1) is 37.7 Å². The number of carbonyl (C=O) groups excluding carboxylic acids is 1. The average Bonchev–Trinajstić information content (AvgIpc) is 3.23. The van der Waals surface area contributed by atoms with Crippen molar-refractivity contribution in [3.63, 3.8) is 0 Å². The van der Waals surface area contributed by atoms with Crippen LogP contribution in [0.15, 0.2) is 42.6 Å². The largest absolute Gasteiger partial charge is 0.480 e. The van der Waals surface area contributed by atoms with E-state index in [-0.39, 0.29) is 17.8 Å². The molecule has 0 N–H and O–H groups in total. The predicted octanol–water partition coefficient (Wildman–Crippen LogP) is 2.59. The van der Waals surface area contributed by atoms with Crippen LogP contribution < -0.4 is 4.74 Å². The van der Waals surface area contributed by atoms with Gasteiger partial charge in [-0.3, -0.25) is 4.79 Å². The summed E-state index contributed by atoms with van der Waals surface area (Å²) in [5.41, 5.74) is 2.12. The van der Waals surface area contributed by atoms with Crippen LogP contribution in [0.4, 0.5) is 4.39 Å². The van der Waals surface area contributed by atoms with Gasteiger partial charge in [0, 0.05) is 12.6 Å². The van der Waals surface area contributed by atoms with E-state index in [1.54, 1.807) is 40.0 Å². The van der Waals surface area contributed by atoms with Crippen LogP contribution in [0, 0.1) is 5.82 Å². The van der Waals surface area contributed by atoms with Gasteiger partial charge < -0.3 is 14.4 Å². The summed E-state index contributed by atoms with van der Waals surface area (Å²) in [6.07, 6.45) is 1.87. The number of hydrogen-bond acceptors (Lipinski definition) is 6. The second-order valence-electron chi connectivity index (χ2n) is 6.87. The maximum atomic E-state index is 13.3. The first-order valence-electron chi connectivity index (χ1n) is 9.72. The number of carbonyl (C=O) groups is 1. The summed E-state index contributed by atoms with van der Waals surface area (Å²) in [5, 5.41) is 12.5. The second kappa shape index (κ2) is 8.58. The molecule has 3 aromatic rings. The monoisotopic (exact) mass is 411 g/mol. The zero-order valence-corrected chi connectivity index (χ0v) is 16.8. The number of benzene rings is 1. The molecule has 0 radical (unpaired) electrons. The van der Waals surface area contributed by atoms with E-state index in [9.17, 15) is 9.18 Å². The number of morpholine rings is 1. The molecule has 4 rings (SSSR count). The molecule has 2 aromatic heterocycles. The van der Waals surface area contributed by atoms with Crippen molar-refractivity contribution in [2.45, 2.75) is 19.4 Å². The zero-order chi connectivity index (χ0) is 21.1. The molecule has 0 bridgehead atoms. The number of hydrogen-bond donors (Lipinski definition) is 0. The maximum Gasteiger partial charge on any atom is 0.257 e. The molecular weight excluding hydrogens is 389 g/mol.